The molecule has 0 fully saturated rings. The van der Waals surface area contributed by atoms with Gasteiger partial charge in [-0.3, -0.25) is 9.36 Å². The molecule has 0 saturated carbocycles. The van der Waals surface area contributed by atoms with Crippen LogP contribution in [0.2, 0.25) is 0 Å². The lowest BCUT2D eigenvalue weighted by atomic mass is 10.1. The third-order valence-electron chi connectivity index (χ3n) is 4.81. The van der Waals surface area contributed by atoms with Gasteiger partial charge in [-0.05, 0) is 43.5 Å². The molecule has 0 atom stereocenters. The molecular weight excluding hydrogens is 420 g/mol. The van der Waals surface area contributed by atoms with Gasteiger partial charge in [-0.15, -0.1) is 0 Å². The molecule has 0 saturated heterocycles. The summed E-state index contributed by atoms with van der Waals surface area (Å²) in [6, 6.07) is 18.4. The lowest BCUT2D eigenvalue weighted by Crippen LogP contribution is -2.28. The Balaban J connectivity index is 1.46. The van der Waals surface area contributed by atoms with E-state index in [-0.39, 0.29) is 29.0 Å². The first-order chi connectivity index (χ1) is 14.4. The minimum atomic E-state index is -3.71. The quantitative estimate of drug-likeness (QED) is 0.436. The fourth-order valence-corrected chi connectivity index (χ4v) is 5.58. The van der Waals surface area contributed by atoms with E-state index in [0.29, 0.717) is 10.4 Å². The van der Waals surface area contributed by atoms with Gasteiger partial charge in [-0.25, -0.2) is 13.1 Å². The smallest absolute Gasteiger partial charge is 0.308 e. The molecule has 0 radical (unpaired) electrons. The molecule has 0 aliphatic heterocycles. The summed E-state index contributed by atoms with van der Waals surface area (Å²) in [5.41, 5.74) is 0.748. The highest BCUT2D eigenvalue weighted by molar-refractivity contribution is 7.89. The third kappa shape index (κ3) is 3.98. The second kappa shape index (κ2) is 8.22. The number of ether oxygens (including phenoxy) is 1. The molecule has 4 rings (SSSR count). The number of sulfonamides is 1. The topological polar surface area (TPSA) is 77.4 Å². The predicted octanol–water partition coefficient (Wildman–Crippen LogP) is 4.15. The normalized spacial score (nSPS) is 12.1. The zero-order valence-electron chi connectivity index (χ0n) is 16.7. The maximum Gasteiger partial charge on any atom is 0.308 e. The summed E-state index contributed by atoms with van der Waals surface area (Å²) in [4.78, 5) is 12.2. The maximum atomic E-state index is 12.7. The molecule has 0 amide bonds. The van der Waals surface area contributed by atoms with Gasteiger partial charge in [0.05, 0.1) is 15.1 Å². The van der Waals surface area contributed by atoms with Crippen LogP contribution in [0.1, 0.15) is 19.9 Å². The van der Waals surface area contributed by atoms with Crippen molar-refractivity contribution in [2.75, 3.05) is 13.2 Å². The molecule has 1 aromatic heterocycles. The van der Waals surface area contributed by atoms with E-state index in [4.69, 9.17) is 4.74 Å². The monoisotopic (exact) mass is 442 g/mol. The Morgan fingerprint density at radius 2 is 1.83 bits per heavy atom. The van der Waals surface area contributed by atoms with Crippen LogP contribution in [-0.4, -0.2) is 26.1 Å². The van der Waals surface area contributed by atoms with Crippen molar-refractivity contribution in [3.05, 3.63) is 70.3 Å². The summed E-state index contributed by atoms with van der Waals surface area (Å²) in [6.45, 7) is 4.19. The lowest BCUT2D eigenvalue weighted by molar-refractivity contribution is 0.326. The van der Waals surface area contributed by atoms with Crippen LogP contribution in [0.4, 0.5) is 0 Å². The number of benzene rings is 3. The number of nitrogens with zero attached hydrogens (tertiary/aromatic N) is 1. The Morgan fingerprint density at radius 1 is 1.07 bits per heavy atom. The van der Waals surface area contributed by atoms with Crippen molar-refractivity contribution in [3.8, 4) is 5.75 Å². The van der Waals surface area contributed by atoms with E-state index in [1.807, 2.05) is 56.3 Å². The van der Waals surface area contributed by atoms with Gasteiger partial charge >= 0.3 is 4.87 Å². The molecule has 0 aliphatic carbocycles. The number of rotatable bonds is 7. The summed E-state index contributed by atoms with van der Waals surface area (Å²) < 4.78 is 36.0. The van der Waals surface area contributed by atoms with Crippen LogP contribution < -0.4 is 14.3 Å². The lowest BCUT2D eigenvalue weighted by Gasteiger charge is -2.11. The number of hydrogen-bond donors (Lipinski definition) is 1. The van der Waals surface area contributed by atoms with Gasteiger partial charge in [-0.2, -0.15) is 0 Å². The molecular formula is C22H22N2O4S2. The van der Waals surface area contributed by atoms with Crippen LogP contribution in [0.15, 0.2) is 70.4 Å². The highest BCUT2D eigenvalue weighted by Gasteiger charge is 2.17. The summed E-state index contributed by atoms with van der Waals surface area (Å²) >= 11 is 1.05. The number of nitrogens with one attached hydrogen (secondary N) is 1. The summed E-state index contributed by atoms with van der Waals surface area (Å²) in [5, 5.41) is 2.05. The van der Waals surface area contributed by atoms with E-state index < -0.39 is 10.0 Å². The van der Waals surface area contributed by atoms with Crippen molar-refractivity contribution < 1.29 is 13.2 Å². The second-order valence-electron chi connectivity index (χ2n) is 7.18. The van der Waals surface area contributed by atoms with E-state index in [2.05, 4.69) is 4.72 Å². The standard InChI is InChI=1S/C22H22N2O4S2/c1-15(2)24-19-11-10-17(14-21(19)29-22(24)25)30(26,27)23-12-13-28-20-9-5-7-16-6-3-4-8-18(16)20/h3-11,14-15,23H,12-13H2,1-2H3. The number of hydrogen-bond acceptors (Lipinski definition) is 5. The minimum Gasteiger partial charge on any atom is -0.492 e. The minimum absolute atomic E-state index is 0.0121. The van der Waals surface area contributed by atoms with Crippen molar-refractivity contribution >= 4 is 42.3 Å². The van der Waals surface area contributed by atoms with Gasteiger partial charge in [0.2, 0.25) is 10.0 Å². The molecule has 1 N–H and O–H groups in total. The average Bonchev–Trinajstić information content (AvgIpc) is 3.06. The Kier molecular flexibility index (Phi) is 5.64. The van der Waals surface area contributed by atoms with Crippen molar-refractivity contribution in [2.45, 2.75) is 24.8 Å². The molecule has 0 unspecified atom stereocenters. The molecule has 0 aliphatic rings. The Bertz CT molecular complexity index is 1370. The highest BCUT2D eigenvalue weighted by atomic mass is 32.2. The largest absolute Gasteiger partial charge is 0.492 e. The zero-order valence-corrected chi connectivity index (χ0v) is 18.3. The molecule has 3 aromatic carbocycles. The second-order valence-corrected chi connectivity index (χ2v) is 9.94. The predicted molar refractivity (Wildman–Crippen MR) is 121 cm³/mol. The maximum absolute atomic E-state index is 12.7. The Hall–Kier alpha value is -2.68. The van der Waals surface area contributed by atoms with Gasteiger partial charge in [0, 0.05) is 18.0 Å². The van der Waals surface area contributed by atoms with Crippen LogP contribution in [0.3, 0.4) is 0 Å². The van der Waals surface area contributed by atoms with E-state index in [1.165, 1.54) is 6.07 Å². The van der Waals surface area contributed by atoms with Crippen molar-refractivity contribution in [2.24, 2.45) is 0 Å². The molecule has 156 valence electrons. The summed E-state index contributed by atoms with van der Waals surface area (Å²) in [6.07, 6.45) is 0. The zero-order chi connectivity index (χ0) is 21.3. The SMILES string of the molecule is CC(C)n1c(=O)sc2cc(S(=O)(=O)NCCOc3cccc4ccccc34)ccc21. The molecule has 1 heterocycles. The highest BCUT2D eigenvalue weighted by Crippen LogP contribution is 2.25. The fraction of sp³-hybridized carbons (Fsp3) is 0.227. The first-order valence-electron chi connectivity index (χ1n) is 9.62. The summed E-state index contributed by atoms with van der Waals surface area (Å²) in [7, 11) is -3.71. The van der Waals surface area contributed by atoms with Crippen LogP contribution >= 0.6 is 11.3 Å². The van der Waals surface area contributed by atoms with Crippen molar-refractivity contribution in [3.63, 3.8) is 0 Å². The molecule has 0 spiro atoms. The molecule has 6 nitrogen and oxygen atoms in total. The van der Waals surface area contributed by atoms with Crippen LogP contribution in [-0.2, 0) is 10.0 Å². The number of aromatic nitrogens is 1. The van der Waals surface area contributed by atoms with E-state index in [1.54, 1.807) is 16.7 Å². The molecule has 4 aromatic rings. The van der Waals surface area contributed by atoms with Gasteiger partial charge in [0.25, 0.3) is 0 Å². The molecule has 8 heteroatoms. The Labute approximate surface area is 178 Å². The number of fused-ring (bicyclic) bond motifs is 2. The van der Waals surface area contributed by atoms with Gasteiger partial charge in [-0.1, -0.05) is 47.7 Å². The van der Waals surface area contributed by atoms with Crippen LogP contribution in [0.25, 0.3) is 21.0 Å². The van der Waals surface area contributed by atoms with Crippen molar-refractivity contribution in [1.29, 1.82) is 0 Å². The van der Waals surface area contributed by atoms with Crippen molar-refractivity contribution in [1.82, 2.24) is 9.29 Å². The molecule has 30 heavy (non-hydrogen) atoms. The average molecular weight is 443 g/mol. The van der Waals surface area contributed by atoms with E-state index in [9.17, 15) is 13.2 Å². The van der Waals surface area contributed by atoms with E-state index in [0.717, 1.165) is 27.6 Å². The fourth-order valence-electron chi connectivity index (χ4n) is 3.41. The summed E-state index contributed by atoms with van der Waals surface area (Å²) in [5.74, 6) is 0.716. The third-order valence-corrected chi connectivity index (χ3v) is 7.19. The molecule has 0 bridgehead atoms. The van der Waals surface area contributed by atoms with Gasteiger partial charge < -0.3 is 4.74 Å². The van der Waals surface area contributed by atoms with Gasteiger partial charge in [0.1, 0.15) is 12.4 Å². The first-order valence-corrected chi connectivity index (χ1v) is 11.9. The number of thiazole rings is 1. The van der Waals surface area contributed by atoms with Gasteiger partial charge in [0.15, 0.2) is 0 Å². The first kappa shape index (κ1) is 20.6. The van der Waals surface area contributed by atoms with E-state index >= 15 is 0 Å². The van der Waals surface area contributed by atoms with Crippen LogP contribution in [0, 0.1) is 0 Å². The van der Waals surface area contributed by atoms with Crippen LogP contribution in [0.5, 0.6) is 5.75 Å². The Morgan fingerprint density at radius 3 is 2.63 bits per heavy atom.